The van der Waals surface area contributed by atoms with Crippen molar-refractivity contribution in [1.29, 1.82) is 0 Å². The molecule has 0 aliphatic carbocycles. The number of imidazole rings is 1. The maximum absolute atomic E-state index is 12.2. The van der Waals surface area contributed by atoms with Gasteiger partial charge in [0.05, 0.1) is 30.4 Å². The Morgan fingerprint density at radius 2 is 1.81 bits per heavy atom. The topological polar surface area (TPSA) is 69.0 Å². The number of hydrogen-bond acceptors (Lipinski definition) is 5. The van der Waals surface area contributed by atoms with Gasteiger partial charge in [0.25, 0.3) is 5.91 Å². The fraction of sp³-hybridized carbons (Fsp3) is 0.240. The van der Waals surface area contributed by atoms with Gasteiger partial charge in [-0.15, -0.1) is 0 Å². The molecule has 2 heterocycles. The van der Waals surface area contributed by atoms with E-state index in [0.29, 0.717) is 18.7 Å². The number of carbonyl (C=O) groups excluding carboxylic acids is 1. The van der Waals surface area contributed by atoms with Gasteiger partial charge in [0.2, 0.25) is 0 Å². The van der Waals surface area contributed by atoms with Gasteiger partial charge in [-0.1, -0.05) is 53.7 Å². The maximum Gasteiger partial charge on any atom is 0.251 e. The van der Waals surface area contributed by atoms with E-state index in [0.717, 1.165) is 34.1 Å². The zero-order chi connectivity index (χ0) is 22.3. The predicted octanol–water partition coefficient (Wildman–Crippen LogP) is 4.46. The Morgan fingerprint density at radius 1 is 1.06 bits per heavy atom. The minimum Gasteiger partial charge on any atom is -0.383 e. The Labute approximate surface area is 192 Å². The fourth-order valence-corrected chi connectivity index (χ4v) is 4.33. The third kappa shape index (κ3) is 5.36. The van der Waals surface area contributed by atoms with Crippen molar-refractivity contribution in [3.8, 4) is 0 Å². The van der Waals surface area contributed by atoms with E-state index >= 15 is 0 Å². The molecule has 0 aliphatic heterocycles. The van der Waals surface area contributed by atoms with Crippen LogP contribution in [0.4, 0.5) is 0 Å². The summed E-state index contributed by atoms with van der Waals surface area (Å²) in [6.45, 7) is 3.83. The number of fused-ring (bicyclic) bond motifs is 1. The number of nitrogens with zero attached hydrogens (tertiary/aromatic N) is 3. The summed E-state index contributed by atoms with van der Waals surface area (Å²) in [5.74, 6) is 0.671. The lowest BCUT2D eigenvalue weighted by Crippen LogP contribution is -2.26. The van der Waals surface area contributed by atoms with Gasteiger partial charge in [-0.05, 0) is 36.2 Å². The van der Waals surface area contributed by atoms with Gasteiger partial charge in [0, 0.05) is 31.2 Å². The highest BCUT2D eigenvalue weighted by Gasteiger charge is 2.13. The summed E-state index contributed by atoms with van der Waals surface area (Å²) in [5.41, 5.74) is 6.22. The number of thioether (sulfide) groups is 1. The second kappa shape index (κ2) is 10.4. The van der Waals surface area contributed by atoms with Gasteiger partial charge in [0.1, 0.15) is 0 Å². The lowest BCUT2D eigenvalue weighted by molar-refractivity contribution is 0.0937. The van der Waals surface area contributed by atoms with Crippen LogP contribution in [-0.2, 0) is 17.0 Å². The van der Waals surface area contributed by atoms with E-state index in [1.54, 1.807) is 25.1 Å². The number of nitrogens with one attached hydrogen (secondary N) is 1. The number of methoxy groups -OCH3 is 1. The zero-order valence-electron chi connectivity index (χ0n) is 18.2. The largest absolute Gasteiger partial charge is 0.383 e. The van der Waals surface area contributed by atoms with Gasteiger partial charge in [0.15, 0.2) is 5.16 Å². The summed E-state index contributed by atoms with van der Waals surface area (Å²) in [7, 11) is 1.62. The van der Waals surface area contributed by atoms with Crippen LogP contribution in [0.2, 0.25) is 0 Å². The molecular formula is C25H26N4O2S. The van der Waals surface area contributed by atoms with E-state index in [2.05, 4.69) is 46.1 Å². The van der Waals surface area contributed by atoms with E-state index in [1.807, 2.05) is 36.5 Å². The Kier molecular flexibility index (Phi) is 7.19. The molecule has 2 aromatic carbocycles. The fourth-order valence-electron chi connectivity index (χ4n) is 3.36. The van der Waals surface area contributed by atoms with Crippen molar-refractivity contribution in [2.24, 2.45) is 0 Å². The molecule has 0 saturated carbocycles. The van der Waals surface area contributed by atoms with Crippen LogP contribution in [0.3, 0.4) is 0 Å². The van der Waals surface area contributed by atoms with Crippen molar-refractivity contribution < 1.29 is 9.53 Å². The van der Waals surface area contributed by atoms with Crippen LogP contribution in [-0.4, -0.2) is 40.7 Å². The van der Waals surface area contributed by atoms with Crippen LogP contribution in [0, 0.1) is 6.92 Å². The Balaban J connectivity index is 1.48. The SMILES string of the molecule is COCCNC(=O)c1ccc(CSc2nc3ccncc3n2Cc2ccc(C)cc2)cc1. The number of aryl methyl sites for hydroxylation is 1. The Morgan fingerprint density at radius 3 is 2.56 bits per heavy atom. The number of carbonyl (C=O) groups is 1. The van der Waals surface area contributed by atoms with E-state index in [4.69, 9.17) is 9.72 Å². The molecule has 32 heavy (non-hydrogen) atoms. The van der Waals surface area contributed by atoms with Crippen molar-refractivity contribution in [2.45, 2.75) is 24.4 Å². The highest BCUT2D eigenvalue weighted by atomic mass is 32.2. The Bertz CT molecular complexity index is 1190. The number of amides is 1. The highest BCUT2D eigenvalue weighted by molar-refractivity contribution is 7.98. The first kappa shape index (κ1) is 22.0. The number of aromatic nitrogens is 3. The molecule has 0 spiro atoms. The van der Waals surface area contributed by atoms with Gasteiger partial charge >= 0.3 is 0 Å². The van der Waals surface area contributed by atoms with E-state index in [-0.39, 0.29) is 5.91 Å². The maximum atomic E-state index is 12.2. The average Bonchev–Trinajstić information content (AvgIpc) is 3.17. The normalized spacial score (nSPS) is 11.1. The average molecular weight is 447 g/mol. The summed E-state index contributed by atoms with van der Waals surface area (Å²) < 4.78 is 7.18. The van der Waals surface area contributed by atoms with Gasteiger partial charge in [-0.25, -0.2) is 4.98 Å². The molecule has 0 fully saturated rings. The standard InChI is InChI=1S/C25H26N4O2S/c1-18-3-5-19(6-4-18)16-29-23-15-26-12-11-22(23)28-25(29)32-17-20-7-9-21(10-8-20)24(30)27-13-14-31-2/h3-12,15H,13-14,16-17H2,1-2H3,(H,27,30). The van der Waals surface area contributed by atoms with Gasteiger partial charge in [-0.3, -0.25) is 9.78 Å². The van der Waals surface area contributed by atoms with Crippen molar-refractivity contribution in [3.63, 3.8) is 0 Å². The summed E-state index contributed by atoms with van der Waals surface area (Å²) in [6, 6.07) is 18.2. The predicted molar refractivity (Wildman–Crippen MR) is 128 cm³/mol. The molecule has 1 N–H and O–H groups in total. The number of ether oxygens (including phenoxy) is 1. The van der Waals surface area contributed by atoms with Crippen LogP contribution in [0.5, 0.6) is 0 Å². The molecule has 0 bridgehead atoms. The smallest absolute Gasteiger partial charge is 0.251 e. The molecule has 164 valence electrons. The number of rotatable bonds is 9. The minimum atomic E-state index is -0.0892. The molecule has 0 saturated heterocycles. The van der Waals surface area contributed by atoms with E-state index < -0.39 is 0 Å². The molecule has 4 rings (SSSR count). The highest BCUT2D eigenvalue weighted by Crippen LogP contribution is 2.27. The monoisotopic (exact) mass is 446 g/mol. The molecule has 0 radical (unpaired) electrons. The summed E-state index contributed by atoms with van der Waals surface area (Å²) >= 11 is 1.69. The van der Waals surface area contributed by atoms with Gasteiger partial charge in [-0.2, -0.15) is 0 Å². The molecule has 7 heteroatoms. The summed E-state index contributed by atoms with van der Waals surface area (Å²) in [6.07, 6.45) is 3.65. The van der Waals surface area contributed by atoms with E-state index in [1.165, 1.54) is 11.1 Å². The first-order chi connectivity index (χ1) is 15.6. The number of pyridine rings is 1. The van der Waals surface area contributed by atoms with Crippen molar-refractivity contribution in [1.82, 2.24) is 19.9 Å². The third-order valence-electron chi connectivity index (χ3n) is 5.15. The molecule has 6 nitrogen and oxygen atoms in total. The zero-order valence-corrected chi connectivity index (χ0v) is 19.1. The summed E-state index contributed by atoms with van der Waals surface area (Å²) in [5, 5.41) is 3.79. The van der Waals surface area contributed by atoms with Crippen LogP contribution < -0.4 is 5.32 Å². The number of benzene rings is 2. The molecule has 0 aliphatic rings. The first-order valence-electron chi connectivity index (χ1n) is 10.5. The van der Waals surface area contributed by atoms with Crippen LogP contribution >= 0.6 is 11.8 Å². The molecule has 4 aromatic rings. The first-order valence-corrected chi connectivity index (χ1v) is 11.5. The molecule has 0 unspecified atom stereocenters. The number of hydrogen-bond donors (Lipinski definition) is 1. The quantitative estimate of drug-likeness (QED) is 0.304. The third-order valence-corrected chi connectivity index (χ3v) is 6.20. The van der Waals surface area contributed by atoms with Crippen LogP contribution in [0.15, 0.2) is 72.1 Å². The Hall–Kier alpha value is -3.16. The van der Waals surface area contributed by atoms with Crippen molar-refractivity contribution >= 4 is 28.7 Å². The molecular weight excluding hydrogens is 420 g/mol. The van der Waals surface area contributed by atoms with Crippen LogP contribution in [0.1, 0.15) is 27.0 Å². The molecule has 0 atom stereocenters. The second-order valence-corrected chi connectivity index (χ2v) is 8.51. The lowest BCUT2D eigenvalue weighted by Gasteiger charge is -2.10. The molecule has 1 amide bonds. The minimum absolute atomic E-state index is 0.0892. The lowest BCUT2D eigenvalue weighted by atomic mass is 10.1. The second-order valence-electron chi connectivity index (χ2n) is 7.56. The van der Waals surface area contributed by atoms with Crippen molar-refractivity contribution in [2.75, 3.05) is 20.3 Å². The van der Waals surface area contributed by atoms with Crippen LogP contribution in [0.25, 0.3) is 11.0 Å². The van der Waals surface area contributed by atoms with E-state index in [9.17, 15) is 4.79 Å². The van der Waals surface area contributed by atoms with Crippen molar-refractivity contribution in [3.05, 3.63) is 89.2 Å². The van der Waals surface area contributed by atoms with Gasteiger partial charge < -0.3 is 14.6 Å². The summed E-state index contributed by atoms with van der Waals surface area (Å²) in [4.78, 5) is 21.3. The molecule has 2 aromatic heterocycles.